The average Bonchev–Trinajstić information content (AvgIpc) is 1.68. The zero-order valence-electron chi connectivity index (χ0n) is 4.85. The average molecular weight is 97.0 g/mol. The van der Waals surface area contributed by atoms with Gasteiger partial charge in [0.2, 0.25) is 0 Å². The number of hydrogen-bond donors (Lipinski definition) is 1. The SMILES string of the molecule is B=CC(N)CCC. The molecule has 0 fully saturated rings. The first-order valence-electron chi connectivity index (χ1n) is 2.69. The zero-order chi connectivity index (χ0) is 5.70. The quantitative estimate of drug-likeness (QED) is 0.485. The van der Waals surface area contributed by atoms with E-state index in [-0.39, 0.29) is 6.04 Å². The van der Waals surface area contributed by atoms with Crippen molar-refractivity contribution >= 4 is 13.5 Å². The first-order valence-corrected chi connectivity index (χ1v) is 2.69. The van der Waals surface area contributed by atoms with E-state index in [0.717, 1.165) is 12.8 Å². The van der Waals surface area contributed by atoms with Crippen LogP contribution in [0.15, 0.2) is 0 Å². The summed E-state index contributed by atoms with van der Waals surface area (Å²) in [5, 5.41) is 0. The van der Waals surface area contributed by atoms with Crippen molar-refractivity contribution < 1.29 is 0 Å². The molecule has 0 aliphatic heterocycles. The van der Waals surface area contributed by atoms with E-state index in [0.29, 0.717) is 0 Å². The van der Waals surface area contributed by atoms with Crippen molar-refractivity contribution in [1.29, 1.82) is 0 Å². The van der Waals surface area contributed by atoms with Gasteiger partial charge in [-0.1, -0.05) is 0 Å². The molecule has 40 valence electrons. The van der Waals surface area contributed by atoms with Crippen LogP contribution in [0.4, 0.5) is 0 Å². The van der Waals surface area contributed by atoms with Crippen molar-refractivity contribution in [2.75, 3.05) is 0 Å². The summed E-state index contributed by atoms with van der Waals surface area (Å²) in [6.07, 6.45) is 2.21. The number of hydrogen-bond acceptors (Lipinski definition) is 1. The van der Waals surface area contributed by atoms with Crippen molar-refractivity contribution in [3.63, 3.8) is 0 Å². The Balaban J connectivity index is 2.98. The van der Waals surface area contributed by atoms with E-state index in [4.69, 9.17) is 5.73 Å². The van der Waals surface area contributed by atoms with Gasteiger partial charge in [-0.3, -0.25) is 0 Å². The molecule has 0 saturated heterocycles. The van der Waals surface area contributed by atoms with Crippen LogP contribution in [0.2, 0.25) is 0 Å². The molecule has 1 unspecified atom stereocenters. The van der Waals surface area contributed by atoms with E-state index >= 15 is 0 Å². The fourth-order valence-corrected chi connectivity index (χ4v) is 0.451. The summed E-state index contributed by atoms with van der Waals surface area (Å²) in [7, 11) is 3.55. The maximum absolute atomic E-state index is 5.47. The molecule has 2 N–H and O–H groups in total. The molecule has 0 aliphatic carbocycles. The van der Waals surface area contributed by atoms with Gasteiger partial charge in [0.1, 0.15) is 0 Å². The molecule has 0 spiro atoms. The molecule has 1 nitrogen and oxygen atoms in total. The van der Waals surface area contributed by atoms with Gasteiger partial charge in [-0.05, 0) is 0 Å². The second-order valence-corrected chi connectivity index (χ2v) is 1.69. The molecule has 1 atom stereocenters. The van der Waals surface area contributed by atoms with Gasteiger partial charge in [0.25, 0.3) is 0 Å². The van der Waals surface area contributed by atoms with Gasteiger partial charge in [-0.2, -0.15) is 0 Å². The van der Waals surface area contributed by atoms with Crippen LogP contribution in [-0.2, 0) is 0 Å². The molecule has 0 rings (SSSR count). The molecule has 0 aromatic heterocycles. The molecule has 0 aromatic carbocycles. The summed E-state index contributed by atoms with van der Waals surface area (Å²) in [5.74, 6) is 1.78. The Bertz CT molecular complexity index is 54.0. The summed E-state index contributed by atoms with van der Waals surface area (Å²) in [6, 6.07) is 0.213. The first-order chi connectivity index (χ1) is 3.31. The van der Waals surface area contributed by atoms with Crippen molar-refractivity contribution in [2.45, 2.75) is 25.8 Å². The van der Waals surface area contributed by atoms with E-state index in [9.17, 15) is 0 Å². The van der Waals surface area contributed by atoms with Crippen LogP contribution in [0, 0.1) is 0 Å². The first kappa shape index (κ1) is 6.89. The molecule has 0 aromatic rings. The normalized spacial score (nSPS) is 13.3. The third-order valence-corrected chi connectivity index (χ3v) is 0.925. The minimum atomic E-state index is 0.213. The molecule has 2 heteroatoms. The van der Waals surface area contributed by atoms with Crippen LogP contribution in [0.1, 0.15) is 19.8 Å². The molecule has 0 heterocycles. The van der Waals surface area contributed by atoms with Crippen LogP contribution in [0.3, 0.4) is 0 Å². The van der Waals surface area contributed by atoms with Gasteiger partial charge >= 0.3 is 45.0 Å². The van der Waals surface area contributed by atoms with Crippen molar-refractivity contribution in [2.24, 2.45) is 5.73 Å². The molecular formula is C5H12BN. The number of rotatable bonds is 3. The molecule has 0 radical (unpaired) electrons. The van der Waals surface area contributed by atoms with Gasteiger partial charge in [-0.25, -0.2) is 0 Å². The minimum absolute atomic E-state index is 0.213. The predicted octanol–water partition coefficient (Wildman–Crippen LogP) is -0.183. The summed E-state index contributed by atoms with van der Waals surface area (Å²) in [5.41, 5.74) is 5.47. The van der Waals surface area contributed by atoms with Gasteiger partial charge in [0.15, 0.2) is 0 Å². The van der Waals surface area contributed by atoms with Crippen LogP contribution >= 0.6 is 0 Å². The Hall–Kier alpha value is -0.105. The van der Waals surface area contributed by atoms with E-state index in [2.05, 4.69) is 14.4 Å². The fourth-order valence-electron chi connectivity index (χ4n) is 0.451. The van der Waals surface area contributed by atoms with Gasteiger partial charge < -0.3 is 0 Å². The third-order valence-electron chi connectivity index (χ3n) is 0.925. The van der Waals surface area contributed by atoms with Crippen molar-refractivity contribution in [3.8, 4) is 0 Å². The predicted molar refractivity (Wildman–Crippen MR) is 36.1 cm³/mol. The van der Waals surface area contributed by atoms with E-state index in [1.54, 1.807) is 5.97 Å². The Labute approximate surface area is 46.0 Å². The zero-order valence-corrected chi connectivity index (χ0v) is 4.85. The topological polar surface area (TPSA) is 26.0 Å². The van der Waals surface area contributed by atoms with E-state index in [1.165, 1.54) is 0 Å². The summed E-state index contributed by atoms with van der Waals surface area (Å²) >= 11 is 0. The Morgan fingerprint density at radius 1 is 1.86 bits per heavy atom. The monoisotopic (exact) mass is 97.1 g/mol. The number of nitrogens with two attached hydrogens (primary N) is 1. The molecule has 0 aliphatic rings. The molecule has 0 saturated carbocycles. The third kappa shape index (κ3) is 3.73. The van der Waals surface area contributed by atoms with Crippen LogP contribution in [0.5, 0.6) is 0 Å². The maximum atomic E-state index is 5.47. The second-order valence-electron chi connectivity index (χ2n) is 1.69. The van der Waals surface area contributed by atoms with Crippen LogP contribution in [-0.4, -0.2) is 19.5 Å². The van der Waals surface area contributed by atoms with Crippen molar-refractivity contribution in [1.82, 2.24) is 0 Å². The van der Waals surface area contributed by atoms with Crippen LogP contribution < -0.4 is 5.73 Å². The standard InChI is InChI=1S/C5H12BN/c1-2-3-5(7)4-6/h4-6H,2-3,7H2,1H3. The van der Waals surface area contributed by atoms with Crippen molar-refractivity contribution in [3.05, 3.63) is 0 Å². The summed E-state index contributed by atoms with van der Waals surface area (Å²) < 4.78 is 0. The molecular weight excluding hydrogens is 84.9 g/mol. The van der Waals surface area contributed by atoms with E-state index in [1.807, 2.05) is 0 Å². The summed E-state index contributed by atoms with van der Waals surface area (Å²) in [6.45, 7) is 2.11. The molecule has 7 heavy (non-hydrogen) atoms. The van der Waals surface area contributed by atoms with Gasteiger partial charge in [0, 0.05) is 0 Å². The van der Waals surface area contributed by atoms with Gasteiger partial charge in [-0.15, -0.1) is 0 Å². The van der Waals surface area contributed by atoms with Gasteiger partial charge in [0.05, 0.1) is 0 Å². The molecule has 0 bridgehead atoms. The van der Waals surface area contributed by atoms with Crippen LogP contribution in [0.25, 0.3) is 0 Å². The Morgan fingerprint density at radius 2 is 2.43 bits per heavy atom. The molecule has 0 amide bonds. The van der Waals surface area contributed by atoms with E-state index < -0.39 is 0 Å². The Morgan fingerprint density at radius 3 is 2.57 bits per heavy atom. The summed E-state index contributed by atoms with van der Waals surface area (Å²) in [4.78, 5) is 0. The Kier molecular flexibility index (Phi) is 4.00. The fraction of sp³-hybridized carbons (Fsp3) is 0.800. The second kappa shape index (κ2) is 4.06.